The van der Waals surface area contributed by atoms with E-state index < -0.39 is 15.9 Å². The molecule has 2 N–H and O–H groups in total. The van der Waals surface area contributed by atoms with Crippen molar-refractivity contribution in [2.45, 2.75) is 37.6 Å². The van der Waals surface area contributed by atoms with Crippen LogP contribution in [0, 0.1) is 0 Å². The summed E-state index contributed by atoms with van der Waals surface area (Å²) in [4.78, 5) is 9.00. The Morgan fingerprint density at radius 3 is 1.23 bits per heavy atom. The van der Waals surface area contributed by atoms with Crippen LogP contribution in [0.2, 0.25) is 0 Å². The van der Waals surface area contributed by atoms with E-state index in [1.165, 1.54) is 0 Å². The molecule has 0 aliphatic rings. The number of hydrogen-bond donors (Lipinski definition) is 2. The smallest absolute Gasteiger partial charge is 0.300 e. The zero-order chi connectivity index (χ0) is 11.7. The number of carboxylic acids is 1. The summed E-state index contributed by atoms with van der Waals surface area (Å²) in [5, 5.41) is 15.9. The van der Waals surface area contributed by atoms with Crippen molar-refractivity contribution >= 4 is 40.8 Å². The summed E-state index contributed by atoms with van der Waals surface area (Å²) in [5.41, 5.74) is -0.500. The summed E-state index contributed by atoms with van der Waals surface area (Å²) in [6.45, 7) is 6.31. The molecule has 0 aromatic heterocycles. The van der Waals surface area contributed by atoms with Gasteiger partial charge in [-0.3, -0.25) is 4.79 Å². The molecule has 0 rings (SSSR count). The van der Waals surface area contributed by atoms with Gasteiger partial charge in [0.1, 0.15) is 0 Å². The second kappa shape index (κ2) is 10.4. The van der Waals surface area contributed by atoms with E-state index in [1.54, 1.807) is 20.8 Å². The lowest BCUT2D eigenvalue weighted by Gasteiger charge is -2.04. The molecule has 0 heterocycles. The first-order valence-electron chi connectivity index (χ1n) is 3.31. The molecule has 0 unspecified atom stereocenters. The van der Waals surface area contributed by atoms with Crippen LogP contribution in [-0.4, -0.2) is 26.1 Å². The van der Waals surface area contributed by atoms with Crippen molar-refractivity contribution < 1.29 is 15.0 Å². The van der Waals surface area contributed by atoms with Gasteiger partial charge in [-0.15, -0.1) is 0 Å². The minimum Gasteiger partial charge on any atom is -0.481 e. The fourth-order valence-corrected chi connectivity index (χ4v) is 0. The summed E-state index contributed by atoms with van der Waals surface area (Å²) in [5.74, 6) is -0.833. The Kier molecular flexibility index (Phi) is 15.1. The van der Waals surface area contributed by atoms with Gasteiger partial charge < -0.3 is 10.2 Å². The summed E-state index contributed by atoms with van der Waals surface area (Å²) in [6.07, 6.45) is 0. The fraction of sp³-hybridized carbons (Fsp3) is 0.857. The van der Waals surface area contributed by atoms with Crippen molar-refractivity contribution in [3.63, 3.8) is 0 Å². The SMILES string of the molecule is CC(=O)O.CC(C)(C)O.ClC(Cl)Cl. The van der Waals surface area contributed by atoms with E-state index in [1.807, 2.05) is 0 Å². The van der Waals surface area contributed by atoms with Crippen molar-refractivity contribution in [1.82, 2.24) is 0 Å². The molecule has 6 heteroatoms. The first-order chi connectivity index (χ1) is 5.46. The molecule has 0 aliphatic carbocycles. The third-order valence-corrected chi connectivity index (χ3v) is 0. The van der Waals surface area contributed by atoms with Crippen LogP contribution >= 0.6 is 34.8 Å². The highest BCUT2D eigenvalue weighted by atomic mass is 35.6. The monoisotopic (exact) mass is 252 g/mol. The Labute approximate surface area is 93.6 Å². The predicted molar refractivity (Wildman–Crippen MR) is 56.6 cm³/mol. The van der Waals surface area contributed by atoms with E-state index >= 15 is 0 Å². The second-order valence-electron chi connectivity index (χ2n) is 2.94. The molecular weight excluding hydrogens is 238 g/mol. The van der Waals surface area contributed by atoms with Crippen molar-refractivity contribution in [2.75, 3.05) is 0 Å². The Bertz CT molecular complexity index is 108. The molecule has 82 valence electrons. The van der Waals surface area contributed by atoms with Gasteiger partial charge in [0.25, 0.3) is 5.97 Å². The lowest BCUT2D eigenvalue weighted by atomic mass is 10.2. The van der Waals surface area contributed by atoms with Crippen molar-refractivity contribution in [3.8, 4) is 0 Å². The van der Waals surface area contributed by atoms with E-state index in [0.29, 0.717) is 0 Å². The maximum atomic E-state index is 9.00. The number of rotatable bonds is 0. The zero-order valence-corrected chi connectivity index (χ0v) is 10.3. The highest BCUT2D eigenvalue weighted by molar-refractivity contribution is 6.63. The van der Waals surface area contributed by atoms with E-state index in [-0.39, 0.29) is 0 Å². The first kappa shape index (κ1) is 19.0. The van der Waals surface area contributed by atoms with Crippen LogP contribution in [0.1, 0.15) is 27.7 Å². The summed E-state index contributed by atoms with van der Waals surface area (Å²) >= 11 is 14.4. The van der Waals surface area contributed by atoms with Crippen LogP contribution in [0.4, 0.5) is 0 Å². The van der Waals surface area contributed by atoms with Crippen LogP contribution in [0.5, 0.6) is 0 Å². The number of alkyl halides is 3. The van der Waals surface area contributed by atoms with Crippen LogP contribution in [0.25, 0.3) is 0 Å². The molecule has 0 spiro atoms. The third kappa shape index (κ3) is 14500. The van der Waals surface area contributed by atoms with E-state index in [0.717, 1.165) is 6.92 Å². The van der Waals surface area contributed by atoms with Crippen LogP contribution in [0.3, 0.4) is 0 Å². The molecule has 0 radical (unpaired) electrons. The van der Waals surface area contributed by atoms with Crippen molar-refractivity contribution in [3.05, 3.63) is 0 Å². The third-order valence-electron chi connectivity index (χ3n) is 0. The molecule has 0 aromatic carbocycles. The standard InChI is InChI=1S/C4H10O.C2H4O2.CHCl3/c1-4(2,3)5;1-2(3)4;2-1(3)4/h5H,1-3H3;1H3,(H,3,4);1H. The molecular formula is C7H15Cl3O3. The highest BCUT2D eigenvalue weighted by Gasteiger charge is 1.97. The van der Waals surface area contributed by atoms with Gasteiger partial charge in [-0.1, -0.05) is 34.8 Å². The van der Waals surface area contributed by atoms with Gasteiger partial charge in [0.2, 0.25) is 0 Å². The number of aliphatic carboxylic acids is 1. The average molecular weight is 254 g/mol. The number of carbonyl (C=O) groups is 1. The lowest BCUT2D eigenvalue weighted by molar-refractivity contribution is -0.134. The largest absolute Gasteiger partial charge is 0.481 e. The van der Waals surface area contributed by atoms with Gasteiger partial charge in [-0.2, -0.15) is 0 Å². The van der Waals surface area contributed by atoms with Gasteiger partial charge >= 0.3 is 0 Å². The number of carboxylic acid groups (broad SMARTS) is 1. The van der Waals surface area contributed by atoms with E-state index in [2.05, 4.69) is 0 Å². The highest BCUT2D eigenvalue weighted by Crippen LogP contribution is 2.03. The molecule has 0 amide bonds. The Balaban J connectivity index is -0.000000117. The maximum Gasteiger partial charge on any atom is 0.300 e. The predicted octanol–water partition coefficient (Wildman–Crippen LogP) is 2.85. The summed E-state index contributed by atoms with van der Waals surface area (Å²) < 4.78 is -0.750. The zero-order valence-electron chi connectivity index (χ0n) is 8.01. The van der Waals surface area contributed by atoms with Gasteiger partial charge in [0.05, 0.1) is 5.60 Å². The second-order valence-corrected chi connectivity index (χ2v) is 4.92. The van der Waals surface area contributed by atoms with Crippen molar-refractivity contribution in [2.24, 2.45) is 0 Å². The van der Waals surface area contributed by atoms with E-state index in [4.69, 9.17) is 49.8 Å². The summed E-state index contributed by atoms with van der Waals surface area (Å²) in [7, 11) is 0. The fourth-order valence-electron chi connectivity index (χ4n) is 0. The van der Waals surface area contributed by atoms with Crippen LogP contribution in [-0.2, 0) is 4.79 Å². The minimum atomic E-state index is -0.833. The van der Waals surface area contributed by atoms with Gasteiger partial charge in [-0.25, -0.2) is 0 Å². The molecule has 13 heavy (non-hydrogen) atoms. The van der Waals surface area contributed by atoms with Crippen LogP contribution in [0.15, 0.2) is 0 Å². The molecule has 0 saturated carbocycles. The topological polar surface area (TPSA) is 57.5 Å². The molecule has 0 atom stereocenters. The number of hydrogen-bond acceptors (Lipinski definition) is 2. The molecule has 3 nitrogen and oxygen atoms in total. The van der Waals surface area contributed by atoms with Crippen molar-refractivity contribution in [1.29, 1.82) is 0 Å². The molecule has 0 bridgehead atoms. The van der Waals surface area contributed by atoms with Gasteiger partial charge in [0, 0.05) is 6.92 Å². The quantitative estimate of drug-likeness (QED) is 0.653. The molecule has 0 aliphatic heterocycles. The number of halogens is 3. The Morgan fingerprint density at radius 1 is 1.23 bits per heavy atom. The molecule has 0 aromatic rings. The first-order valence-corrected chi connectivity index (χ1v) is 4.62. The van der Waals surface area contributed by atoms with Crippen LogP contribution < -0.4 is 0 Å². The van der Waals surface area contributed by atoms with Gasteiger partial charge in [-0.05, 0) is 20.8 Å². The minimum absolute atomic E-state index is 0.500. The Hall–Kier alpha value is 0.300. The molecule has 0 saturated heterocycles. The summed E-state index contributed by atoms with van der Waals surface area (Å²) in [6, 6.07) is 0. The number of aliphatic hydroxyl groups is 1. The average Bonchev–Trinajstić information content (AvgIpc) is 1.50. The Morgan fingerprint density at radius 2 is 1.23 bits per heavy atom. The van der Waals surface area contributed by atoms with Gasteiger partial charge in [0.15, 0.2) is 4.30 Å². The maximum absolute atomic E-state index is 9.00. The van der Waals surface area contributed by atoms with E-state index in [9.17, 15) is 0 Å². The lowest BCUT2D eigenvalue weighted by Crippen LogP contribution is -2.10. The normalized spacial score (nSPS) is 9.31. The molecule has 0 fully saturated rings.